The van der Waals surface area contributed by atoms with Crippen molar-refractivity contribution in [2.45, 2.75) is 25.5 Å². The number of ether oxygens (including phenoxy) is 1. The first-order valence-corrected chi connectivity index (χ1v) is 5.10. The summed E-state index contributed by atoms with van der Waals surface area (Å²) in [5.74, 6) is -1.14. The first kappa shape index (κ1) is 10.8. The third-order valence-corrected chi connectivity index (χ3v) is 2.49. The van der Waals surface area contributed by atoms with E-state index in [1.54, 1.807) is 0 Å². The Morgan fingerprint density at radius 1 is 1.62 bits per heavy atom. The molecule has 0 aliphatic carbocycles. The maximum Gasteiger partial charge on any atom is 0.356 e. The molecule has 0 spiro atoms. The third-order valence-electron chi connectivity index (χ3n) is 2.49. The van der Waals surface area contributed by atoms with E-state index >= 15 is 0 Å². The van der Waals surface area contributed by atoms with E-state index < -0.39 is 5.97 Å². The van der Waals surface area contributed by atoms with E-state index in [2.05, 4.69) is 5.10 Å². The van der Waals surface area contributed by atoms with Crippen LogP contribution < -0.4 is 5.56 Å². The quantitative estimate of drug-likeness (QED) is 0.788. The monoisotopic (exact) mass is 224 g/mol. The van der Waals surface area contributed by atoms with E-state index in [9.17, 15) is 9.59 Å². The zero-order chi connectivity index (χ0) is 11.5. The summed E-state index contributed by atoms with van der Waals surface area (Å²) in [6.45, 7) is 1.01. The van der Waals surface area contributed by atoms with Gasteiger partial charge in [-0.2, -0.15) is 5.10 Å². The van der Waals surface area contributed by atoms with Crippen LogP contribution in [0.3, 0.4) is 0 Å². The summed E-state index contributed by atoms with van der Waals surface area (Å²) in [6, 6.07) is 2.42. The van der Waals surface area contributed by atoms with Crippen LogP contribution in [0.5, 0.6) is 0 Å². The smallest absolute Gasteiger partial charge is 0.356 e. The number of aromatic nitrogens is 2. The molecule has 0 aromatic carbocycles. The maximum atomic E-state index is 11.4. The second kappa shape index (κ2) is 4.44. The average Bonchev–Trinajstić information content (AvgIpc) is 2.73. The summed E-state index contributed by atoms with van der Waals surface area (Å²) in [4.78, 5) is 22.1. The fourth-order valence-corrected chi connectivity index (χ4v) is 1.67. The zero-order valence-electron chi connectivity index (χ0n) is 8.63. The van der Waals surface area contributed by atoms with Gasteiger partial charge in [0.1, 0.15) is 0 Å². The van der Waals surface area contributed by atoms with Crippen LogP contribution in [0.15, 0.2) is 16.9 Å². The lowest BCUT2D eigenvalue weighted by Crippen LogP contribution is -2.29. The normalized spacial score (nSPS) is 19.9. The van der Waals surface area contributed by atoms with Gasteiger partial charge in [0.15, 0.2) is 5.69 Å². The van der Waals surface area contributed by atoms with Crippen molar-refractivity contribution in [1.29, 1.82) is 0 Å². The van der Waals surface area contributed by atoms with Crippen LogP contribution in [0.1, 0.15) is 23.3 Å². The van der Waals surface area contributed by atoms with Crippen molar-refractivity contribution < 1.29 is 14.6 Å². The third kappa shape index (κ3) is 2.27. The van der Waals surface area contributed by atoms with Gasteiger partial charge >= 0.3 is 5.97 Å². The first-order chi connectivity index (χ1) is 7.66. The zero-order valence-corrected chi connectivity index (χ0v) is 8.63. The number of carboxylic acids is 1. The molecule has 6 heteroatoms. The van der Waals surface area contributed by atoms with Crippen molar-refractivity contribution in [3.63, 3.8) is 0 Å². The molecule has 1 aliphatic rings. The fraction of sp³-hybridized carbons (Fsp3) is 0.500. The van der Waals surface area contributed by atoms with E-state index in [4.69, 9.17) is 9.84 Å². The highest BCUT2D eigenvalue weighted by Gasteiger charge is 2.17. The Balaban J connectivity index is 2.21. The van der Waals surface area contributed by atoms with Gasteiger partial charge in [0.05, 0.1) is 12.6 Å². The molecule has 0 radical (unpaired) electrons. The van der Waals surface area contributed by atoms with Crippen molar-refractivity contribution >= 4 is 5.97 Å². The van der Waals surface area contributed by atoms with Crippen LogP contribution in [0.25, 0.3) is 0 Å². The molecule has 0 amide bonds. The number of rotatable bonds is 3. The van der Waals surface area contributed by atoms with Crippen LogP contribution in [-0.2, 0) is 11.3 Å². The van der Waals surface area contributed by atoms with Crippen LogP contribution in [-0.4, -0.2) is 33.6 Å². The van der Waals surface area contributed by atoms with Crippen molar-refractivity contribution in [2.24, 2.45) is 0 Å². The minimum absolute atomic E-state index is 0.0331. The van der Waals surface area contributed by atoms with E-state index in [1.807, 2.05) is 0 Å². The molecule has 1 fully saturated rings. The summed E-state index contributed by atoms with van der Waals surface area (Å²) < 4.78 is 6.52. The van der Waals surface area contributed by atoms with Crippen molar-refractivity contribution in [3.05, 3.63) is 28.2 Å². The SMILES string of the molecule is O=C(O)c1ccc(=O)n(CC2CCCO2)n1. The van der Waals surface area contributed by atoms with Crippen LogP contribution in [0.4, 0.5) is 0 Å². The topological polar surface area (TPSA) is 81.4 Å². The van der Waals surface area contributed by atoms with Gasteiger partial charge in [0.25, 0.3) is 5.56 Å². The van der Waals surface area contributed by atoms with Gasteiger partial charge in [-0.15, -0.1) is 0 Å². The van der Waals surface area contributed by atoms with E-state index in [-0.39, 0.29) is 17.4 Å². The Bertz CT molecular complexity index is 448. The molecule has 2 heterocycles. The molecule has 6 nitrogen and oxygen atoms in total. The molecular formula is C10H12N2O4. The fourth-order valence-electron chi connectivity index (χ4n) is 1.67. The van der Waals surface area contributed by atoms with Crippen LogP contribution >= 0.6 is 0 Å². The van der Waals surface area contributed by atoms with Gasteiger partial charge in [-0.05, 0) is 18.9 Å². The lowest BCUT2D eigenvalue weighted by atomic mass is 10.2. The maximum absolute atomic E-state index is 11.4. The summed E-state index contributed by atoms with van der Waals surface area (Å²) in [6.07, 6.45) is 1.82. The molecule has 0 bridgehead atoms. The Hall–Kier alpha value is -1.69. The van der Waals surface area contributed by atoms with Gasteiger partial charge in [-0.1, -0.05) is 0 Å². The number of aromatic carboxylic acids is 1. The summed E-state index contributed by atoms with van der Waals surface area (Å²) in [7, 11) is 0. The van der Waals surface area contributed by atoms with Crippen molar-refractivity contribution in [2.75, 3.05) is 6.61 Å². The molecule has 86 valence electrons. The predicted octanol–water partition coefficient (Wildman–Crippen LogP) is 0.120. The molecule has 1 unspecified atom stereocenters. The Morgan fingerprint density at radius 2 is 2.44 bits per heavy atom. The number of carbonyl (C=O) groups is 1. The Labute approximate surface area is 91.5 Å². The Kier molecular flexibility index (Phi) is 3.00. The van der Waals surface area contributed by atoms with E-state index in [0.29, 0.717) is 13.2 Å². The standard InChI is InChI=1S/C10H12N2O4/c13-9-4-3-8(10(14)15)11-12(9)6-7-2-1-5-16-7/h3-4,7H,1-2,5-6H2,(H,14,15). The number of carboxylic acid groups (broad SMARTS) is 1. The molecule has 1 atom stereocenters. The van der Waals surface area contributed by atoms with E-state index in [1.165, 1.54) is 12.1 Å². The van der Waals surface area contributed by atoms with Gasteiger partial charge in [-0.25, -0.2) is 9.48 Å². The number of hydrogen-bond acceptors (Lipinski definition) is 4. The highest BCUT2D eigenvalue weighted by molar-refractivity contribution is 5.84. The average molecular weight is 224 g/mol. The molecule has 0 saturated carbocycles. The molecule has 1 saturated heterocycles. The summed E-state index contributed by atoms with van der Waals surface area (Å²) >= 11 is 0. The second-order valence-electron chi connectivity index (χ2n) is 3.68. The van der Waals surface area contributed by atoms with Gasteiger partial charge in [-0.3, -0.25) is 4.79 Å². The number of nitrogens with zero attached hydrogens (tertiary/aromatic N) is 2. The first-order valence-electron chi connectivity index (χ1n) is 5.10. The molecule has 1 aromatic rings. The molecular weight excluding hydrogens is 212 g/mol. The lowest BCUT2D eigenvalue weighted by molar-refractivity contribution is 0.0680. The molecule has 2 rings (SSSR count). The lowest BCUT2D eigenvalue weighted by Gasteiger charge is -2.10. The van der Waals surface area contributed by atoms with Crippen molar-refractivity contribution in [1.82, 2.24) is 9.78 Å². The summed E-state index contributed by atoms with van der Waals surface area (Å²) in [5.41, 5.74) is -0.432. The van der Waals surface area contributed by atoms with Crippen LogP contribution in [0.2, 0.25) is 0 Å². The predicted molar refractivity (Wildman–Crippen MR) is 54.4 cm³/mol. The van der Waals surface area contributed by atoms with Gasteiger partial charge in [0.2, 0.25) is 0 Å². The highest BCUT2D eigenvalue weighted by atomic mass is 16.5. The van der Waals surface area contributed by atoms with Crippen LogP contribution in [0, 0.1) is 0 Å². The summed E-state index contributed by atoms with van der Waals surface area (Å²) in [5, 5.41) is 12.5. The minimum Gasteiger partial charge on any atom is -0.476 e. The molecule has 1 aromatic heterocycles. The van der Waals surface area contributed by atoms with E-state index in [0.717, 1.165) is 17.5 Å². The largest absolute Gasteiger partial charge is 0.476 e. The van der Waals surface area contributed by atoms with Crippen molar-refractivity contribution in [3.8, 4) is 0 Å². The minimum atomic E-state index is -1.14. The molecule has 1 aliphatic heterocycles. The molecule has 16 heavy (non-hydrogen) atoms. The second-order valence-corrected chi connectivity index (χ2v) is 3.68. The number of hydrogen-bond donors (Lipinski definition) is 1. The highest BCUT2D eigenvalue weighted by Crippen LogP contribution is 2.12. The van der Waals surface area contributed by atoms with Gasteiger partial charge < -0.3 is 9.84 Å². The van der Waals surface area contributed by atoms with Gasteiger partial charge in [0, 0.05) is 12.7 Å². The molecule has 1 N–H and O–H groups in total. The Morgan fingerprint density at radius 3 is 3.06 bits per heavy atom.